The number of rotatable bonds is 2. The molecule has 0 radical (unpaired) electrons. The fourth-order valence-corrected chi connectivity index (χ4v) is 5.23. The van der Waals surface area contributed by atoms with Crippen molar-refractivity contribution in [2.45, 2.75) is 31.9 Å². The molecule has 2 saturated heterocycles. The van der Waals surface area contributed by atoms with Gasteiger partial charge in [0.15, 0.2) is 5.69 Å². The summed E-state index contributed by atoms with van der Waals surface area (Å²) >= 11 is 6.32. The van der Waals surface area contributed by atoms with Crippen LogP contribution in [0.15, 0.2) is 0 Å². The number of aryl methyl sites for hydroxylation is 1. The number of hydrogen-bond acceptors (Lipinski definition) is 5. The zero-order valence-electron chi connectivity index (χ0n) is 16.4. The van der Waals surface area contributed by atoms with Gasteiger partial charge in [0.2, 0.25) is 0 Å². The van der Waals surface area contributed by atoms with Gasteiger partial charge < -0.3 is 14.9 Å². The van der Waals surface area contributed by atoms with Crippen LogP contribution in [0.5, 0.6) is 0 Å². The van der Waals surface area contributed by atoms with Crippen molar-refractivity contribution in [2.75, 3.05) is 46.3 Å². The summed E-state index contributed by atoms with van der Waals surface area (Å²) in [5, 5.41) is 15.5. The van der Waals surface area contributed by atoms with E-state index in [0.29, 0.717) is 29.1 Å². The number of carbonyl (C=O) groups excluding carboxylic acids is 1. The molecule has 0 spiro atoms. The number of amides is 1. The molecule has 3 heterocycles. The second-order valence-corrected chi connectivity index (χ2v) is 8.93. The minimum Gasteiger partial charge on any atom is -0.391 e. The number of aromatic nitrogens is 2. The Morgan fingerprint density at radius 1 is 1.11 bits per heavy atom. The summed E-state index contributed by atoms with van der Waals surface area (Å²) in [6.45, 7) is 7.45. The van der Waals surface area contributed by atoms with Crippen molar-refractivity contribution in [1.29, 1.82) is 0 Å². The zero-order chi connectivity index (χ0) is 19.3. The average Bonchev–Trinajstić information content (AvgIpc) is 3.17. The Balaban J connectivity index is 1.44. The molecule has 4 rings (SSSR count). The van der Waals surface area contributed by atoms with Gasteiger partial charge in [-0.2, -0.15) is 5.10 Å². The van der Waals surface area contributed by atoms with Gasteiger partial charge in [-0.1, -0.05) is 11.6 Å². The Morgan fingerprint density at radius 3 is 2.33 bits per heavy atom. The van der Waals surface area contributed by atoms with Crippen LogP contribution in [0, 0.1) is 18.8 Å². The van der Waals surface area contributed by atoms with E-state index < -0.39 is 0 Å². The maximum absolute atomic E-state index is 13.0. The fraction of sp³-hybridized carbons (Fsp3) is 0.789. The highest BCUT2D eigenvalue weighted by Gasteiger charge is 2.45. The van der Waals surface area contributed by atoms with Crippen molar-refractivity contribution in [3.8, 4) is 0 Å². The van der Waals surface area contributed by atoms with E-state index in [2.05, 4.69) is 21.9 Å². The number of fused-ring (bicyclic) bond motifs is 1. The zero-order valence-corrected chi connectivity index (χ0v) is 17.2. The Hall–Kier alpha value is -1.15. The van der Waals surface area contributed by atoms with Crippen LogP contribution >= 0.6 is 11.6 Å². The first-order valence-electron chi connectivity index (χ1n) is 9.94. The second-order valence-electron chi connectivity index (χ2n) is 8.55. The van der Waals surface area contributed by atoms with E-state index in [9.17, 15) is 9.90 Å². The Labute approximate surface area is 165 Å². The lowest BCUT2D eigenvalue weighted by atomic mass is 9.77. The predicted octanol–water partition coefficient (Wildman–Crippen LogP) is 0.841. The van der Waals surface area contributed by atoms with Crippen LogP contribution < -0.4 is 0 Å². The van der Waals surface area contributed by atoms with Gasteiger partial charge in [0, 0.05) is 52.4 Å². The molecule has 3 fully saturated rings. The van der Waals surface area contributed by atoms with Gasteiger partial charge in [-0.3, -0.25) is 14.4 Å². The first kappa shape index (κ1) is 19.2. The predicted molar refractivity (Wildman–Crippen MR) is 104 cm³/mol. The van der Waals surface area contributed by atoms with E-state index in [1.54, 1.807) is 11.7 Å². The summed E-state index contributed by atoms with van der Waals surface area (Å²) in [4.78, 5) is 19.6. The number of likely N-dealkylation sites (tertiary alicyclic amines) is 1. The van der Waals surface area contributed by atoms with E-state index in [4.69, 9.17) is 11.6 Å². The number of likely N-dealkylation sites (N-methyl/N-ethyl adjacent to an activating group) is 1. The summed E-state index contributed by atoms with van der Waals surface area (Å²) < 4.78 is 1.66. The number of aliphatic hydroxyl groups is 1. The minimum atomic E-state index is -0.301. The molecule has 8 heteroatoms. The molecule has 1 amide bonds. The molecule has 1 N–H and O–H groups in total. The number of carbonyl (C=O) groups is 1. The molecule has 27 heavy (non-hydrogen) atoms. The van der Waals surface area contributed by atoms with Gasteiger partial charge in [0.1, 0.15) is 0 Å². The highest BCUT2D eigenvalue weighted by atomic mass is 35.5. The Bertz CT molecular complexity index is 715. The lowest BCUT2D eigenvalue weighted by Crippen LogP contribution is -2.55. The van der Waals surface area contributed by atoms with Crippen LogP contribution in [0.3, 0.4) is 0 Å². The molecule has 7 nitrogen and oxygen atoms in total. The highest BCUT2D eigenvalue weighted by Crippen LogP contribution is 2.39. The topological polar surface area (TPSA) is 64.8 Å². The van der Waals surface area contributed by atoms with E-state index in [-0.39, 0.29) is 18.1 Å². The number of nitrogens with zero attached hydrogens (tertiary/aromatic N) is 5. The van der Waals surface area contributed by atoms with Crippen LogP contribution in [-0.2, 0) is 7.05 Å². The largest absolute Gasteiger partial charge is 0.391 e. The van der Waals surface area contributed by atoms with Gasteiger partial charge in [0.25, 0.3) is 5.91 Å². The maximum atomic E-state index is 13.0. The number of halogens is 1. The third-order valence-electron chi connectivity index (χ3n) is 6.87. The molecular weight excluding hydrogens is 366 g/mol. The van der Waals surface area contributed by atoms with Gasteiger partial charge >= 0.3 is 0 Å². The number of piperazine rings is 1. The van der Waals surface area contributed by atoms with Crippen LogP contribution in [0.4, 0.5) is 0 Å². The Kier molecular flexibility index (Phi) is 5.22. The summed E-state index contributed by atoms with van der Waals surface area (Å²) in [5.41, 5.74) is 1.16. The molecule has 150 valence electrons. The van der Waals surface area contributed by atoms with Crippen LogP contribution in [0.25, 0.3) is 0 Å². The van der Waals surface area contributed by atoms with Crippen molar-refractivity contribution in [2.24, 2.45) is 18.9 Å². The quantitative estimate of drug-likeness (QED) is 0.804. The first-order valence-corrected chi connectivity index (χ1v) is 10.3. The summed E-state index contributed by atoms with van der Waals surface area (Å²) in [6, 6.07) is 0.218. The number of aliphatic hydroxyl groups excluding tert-OH is 1. The summed E-state index contributed by atoms with van der Waals surface area (Å²) in [7, 11) is 3.95. The van der Waals surface area contributed by atoms with Crippen LogP contribution in [0.1, 0.15) is 29.0 Å². The maximum Gasteiger partial charge on any atom is 0.275 e. The molecule has 1 aromatic heterocycles. The van der Waals surface area contributed by atoms with E-state index >= 15 is 0 Å². The Morgan fingerprint density at radius 2 is 1.74 bits per heavy atom. The lowest BCUT2D eigenvalue weighted by molar-refractivity contribution is -0.0249. The lowest BCUT2D eigenvalue weighted by Gasteiger charge is -2.44. The second kappa shape index (κ2) is 7.35. The highest BCUT2D eigenvalue weighted by molar-refractivity contribution is 6.34. The van der Waals surface area contributed by atoms with Crippen LogP contribution in [0.2, 0.25) is 5.02 Å². The standard InChI is InChI=1S/C19H30ClN5O2/c1-12-17(20)18(21-23(12)3)19(27)25-10-13-8-15(16(26)9-14(13)11-25)24-6-4-22(2)5-7-24/h13-16,26H,4-11H2,1-3H3/t13-,14+,15-,16-/m1/s1. The van der Waals surface area contributed by atoms with E-state index in [1.807, 2.05) is 11.8 Å². The monoisotopic (exact) mass is 395 g/mol. The molecule has 4 atom stereocenters. The van der Waals surface area contributed by atoms with Gasteiger partial charge in [0.05, 0.1) is 16.8 Å². The minimum absolute atomic E-state index is 0.0799. The third kappa shape index (κ3) is 3.50. The molecule has 0 bridgehead atoms. The molecule has 3 aliphatic rings. The first-order chi connectivity index (χ1) is 12.8. The summed E-state index contributed by atoms with van der Waals surface area (Å²) in [6.07, 6.45) is 1.44. The molecule has 1 saturated carbocycles. The van der Waals surface area contributed by atoms with Crippen molar-refractivity contribution in [3.63, 3.8) is 0 Å². The van der Waals surface area contributed by atoms with Gasteiger partial charge in [-0.25, -0.2) is 0 Å². The normalized spacial score (nSPS) is 32.7. The van der Waals surface area contributed by atoms with E-state index in [1.165, 1.54) is 0 Å². The number of hydrogen-bond donors (Lipinski definition) is 1. The smallest absolute Gasteiger partial charge is 0.275 e. The summed E-state index contributed by atoms with van der Waals surface area (Å²) in [5.74, 6) is 0.741. The third-order valence-corrected chi connectivity index (χ3v) is 7.32. The molecule has 0 unspecified atom stereocenters. The van der Waals surface area contributed by atoms with Crippen LogP contribution in [-0.4, -0.2) is 94.0 Å². The molecule has 2 aliphatic heterocycles. The molecular formula is C19H30ClN5O2. The van der Waals surface area contributed by atoms with Crippen molar-refractivity contribution < 1.29 is 9.90 Å². The fourth-order valence-electron chi connectivity index (χ4n) is 4.99. The average molecular weight is 396 g/mol. The SMILES string of the molecule is Cc1c(Cl)c(C(=O)N2C[C@H]3C[C@@H](N4CCN(C)CC4)[C@H](O)C[C@H]3C2)nn1C. The molecule has 0 aromatic carbocycles. The molecule has 1 aliphatic carbocycles. The van der Waals surface area contributed by atoms with E-state index in [0.717, 1.165) is 51.3 Å². The van der Waals surface area contributed by atoms with Crippen molar-refractivity contribution in [1.82, 2.24) is 24.5 Å². The van der Waals surface area contributed by atoms with Gasteiger partial charge in [-0.15, -0.1) is 0 Å². The van der Waals surface area contributed by atoms with Crippen molar-refractivity contribution in [3.05, 3.63) is 16.4 Å². The van der Waals surface area contributed by atoms with Crippen molar-refractivity contribution >= 4 is 17.5 Å². The van der Waals surface area contributed by atoms with Gasteiger partial charge in [-0.05, 0) is 38.6 Å². The molecule has 1 aromatic rings.